The summed E-state index contributed by atoms with van der Waals surface area (Å²) < 4.78 is 12.9. The highest BCUT2D eigenvalue weighted by molar-refractivity contribution is 5.90. The van der Waals surface area contributed by atoms with Crippen molar-refractivity contribution in [2.45, 2.75) is 25.8 Å². The fourth-order valence-electron chi connectivity index (χ4n) is 2.76. The van der Waals surface area contributed by atoms with Gasteiger partial charge in [-0.1, -0.05) is 0 Å². The first-order chi connectivity index (χ1) is 11.8. The van der Waals surface area contributed by atoms with E-state index in [1.807, 2.05) is 54.2 Å². The van der Waals surface area contributed by atoms with E-state index in [1.165, 1.54) is 0 Å². The number of ether oxygens (including phenoxy) is 2. The molecule has 1 saturated heterocycles. The molecule has 2 heterocycles. The highest BCUT2D eigenvalue weighted by Crippen LogP contribution is 2.27. The molecular formula is C18H23N3O3. The van der Waals surface area contributed by atoms with E-state index in [4.69, 9.17) is 9.47 Å². The zero-order valence-electron chi connectivity index (χ0n) is 13.8. The van der Waals surface area contributed by atoms with Crippen molar-refractivity contribution in [1.29, 1.82) is 0 Å². The molecule has 0 atom stereocenters. The van der Waals surface area contributed by atoms with Gasteiger partial charge in [0.1, 0.15) is 5.75 Å². The number of aromatic nitrogens is 1. The Morgan fingerprint density at radius 1 is 1.29 bits per heavy atom. The van der Waals surface area contributed by atoms with Gasteiger partial charge in [-0.15, -0.1) is 0 Å². The third-order valence-corrected chi connectivity index (χ3v) is 3.96. The van der Waals surface area contributed by atoms with Crippen LogP contribution in [-0.4, -0.2) is 36.5 Å². The number of nitrogens with one attached hydrogen (secondary N) is 2. The van der Waals surface area contributed by atoms with Crippen LogP contribution in [0, 0.1) is 0 Å². The number of urea groups is 1. The van der Waals surface area contributed by atoms with Gasteiger partial charge >= 0.3 is 6.03 Å². The van der Waals surface area contributed by atoms with Crippen LogP contribution in [0.3, 0.4) is 0 Å². The van der Waals surface area contributed by atoms with Crippen LogP contribution < -0.4 is 15.4 Å². The molecule has 0 spiro atoms. The molecule has 0 radical (unpaired) electrons. The SMILES string of the molecule is CCOc1ccc(NC(=O)NC2CCOCC2)cc1-n1cccc1. The van der Waals surface area contributed by atoms with E-state index in [1.54, 1.807) is 0 Å². The number of nitrogens with zero attached hydrogens (tertiary/aromatic N) is 1. The van der Waals surface area contributed by atoms with E-state index in [0.29, 0.717) is 19.8 Å². The van der Waals surface area contributed by atoms with Crippen molar-refractivity contribution in [2.24, 2.45) is 0 Å². The molecule has 0 bridgehead atoms. The summed E-state index contributed by atoms with van der Waals surface area (Å²) in [5.41, 5.74) is 1.62. The molecule has 6 nitrogen and oxygen atoms in total. The Bertz CT molecular complexity index is 664. The van der Waals surface area contributed by atoms with Gasteiger partial charge in [0.15, 0.2) is 0 Å². The Hall–Kier alpha value is -2.47. The second-order valence-electron chi connectivity index (χ2n) is 5.69. The van der Waals surface area contributed by atoms with Gasteiger partial charge in [-0.05, 0) is 50.1 Å². The van der Waals surface area contributed by atoms with Crippen molar-refractivity contribution in [1.82, 2.24) is 9.88 Å². The van der Waals surface area contributed by atoms with E-state index >= 15 is 0 Å². The summed E-state index contributed by atoms with van der Waals surface area (Å²) in [7, 11) is 0. The Labute approximate surface area is 141 Å². The predicted molar refractivity (Wildman–Crippen MR) is 92.9 cm³/mol. The first-order valence-electron chi connectivity index (χ1n) is 8.31. The van der Waals surface area contributed by atoms with Gasteiger partial charge < -0.3 is 24.7 Å². The fourth-order valence-corrected chi connectivity index (χ4v) is 2.76. The van der Waals surface area contributed by atoms with Crippen molar-refractivity contribution in [2.75, 3.05) is 25.1 Å². The van der Waals surface area contributed by atoms with Crippen molar-refractivity contribution < 1.29 is 14.3 Å². The summed E-state index contributed by atoms with van der Waals surface area (Å²) in [6.45, 7) is 3.94. The number of benzene rings is 1. The molecule has 2 N–H and O–H groups in total. The van der Waals surface area contributed by atoms with Gasteiger partial charge in [-0.3, -0.25) is 0 Å². The largest absolute Gasteiger partial charge is 0.492 e. The summed E-state index contributed by atoms with van der Waals surface area (Å²) in [4.78, 5) is 12.2. The molecule has 1 aliphatic rings. The average Bonchev–Trinajstić information content (AvgIpc) is 3.11. The number of rotatable bonds is 5. The second kappa shape index (κ2) is 7.88. The maximum Gasteiger partial charge on any atom is 0.319 e. The standard InChI is InChI=1S/C18H23N3O3/c1-2-24-17-6-5-15(13-16(17)21-9-3-4-10-21)20-18(22)19-14-7-11-23-12-8-14/h3-6,9-10,13-14H,2,7-8,11-12H2,1H3,(H2,19,20,22). The Balaban J connectivity index is 1.71. The monoisotopic (exact) mass is 329 g/mol. The molecule has 2 amide bonds. The van der Waals surface area contributed by atoms with Crippen LogP contribution in [0.4, 0.5) is 10.5 Å². The maximum atomic E-state index is 12.2. The van der Waals surface area contributed by atoms with Crippen molar-refractivity contribution in [3.63, 3.8) is 0 Å². The number of carbonyl (C=O) groups is 1. The topological polar surface area (TPSA) is 64.5 Å². The van der Waals surface area contributed by atoms with E-state index in [0.717, 1.165) is 30.0 Å². The summed E-state index contributed by atoms with van der Waals surface area (Å²) in [5.74, 6) is 0.782. The van der Waals surface area contributed by atoms with Gasteiger partial charge in [-0.25, -0.2) is 4.79 Å². The molecule has 6 heteroatoms. The molecule has 1 aromatic carbocycles. The van der Waals surface area contributed by atoms with Crippen molar-refractivity contribution in [3.8, 4) is 11.4 Å². The minimum absolute atomic E-state index is 0.172. The van der Waals surface area contributed by atoms with E-state index in [-0.39, 0.29) is 12.1 Å². The zero-order chi connectivity index (χ0) is 16.8. The highest BCUT2D eigenvalue weighted by atomic mass is 16.5. The van der Waals surface area contributed by atoms with Crippen LogP contribution in [-0.2, 0) is 4.74 Å². The molecule has 2 aromatic rings. The lowest BCUT2D eigenvalue weighted by molar-refractivity contribution is 0.0806. The number of anilines is 1. The normalized spacial score (nSPS) is 15.0. The molecule has 24 heavy (non-hydrogen) atoms. The van der Waals surface area contributed by atoms with Crippen LogP contribution in [0.2, 0.25) is 0 Å². The molecule has 0 saturated carbocycles. The zero-order valence-corrected chi connectivity index (χ0v) is 13.8. The first kappa shape index (κ1) is 16.4. The summed E-state index contributed by atoms with van der Waals surface area (Å²) in [6.07, 6.45) is 5.60. The van der Waals surface area contributed by atoms with Crippen LogP contribution in [0.25, 0.3) is 5.69 Å². The second-order valence-corrected chi connectivity index (χ2v) is 5.69. The molecule has 1 fully saturated rings. The summed E-state index contributed by atoms with van der Waals surface area (Å²) >= 11 is 0. The summed E-state index contributed by atoms with van der Waals surface area (Å²) in [5, 5.41) is 5.89. The quantitative estimate of drug-likeness (QED) is 0.885. The molecule has 128 valence electrons. The molecule has 1 aliphatic heterocycles. The molecule has 0 unspecified atom stereocenters. The lowest BCUT2D eigenvalue weighted by atomic mass is 10.1. The third-order valence-electron chi connectivity index (χ3n) is 3.96. The van der Waals surface area contributed by atoms with Gasteiger partial charge in [0.2, 0.25) is 0 Å². The number of hydrogen-bond acceptors (Lipinski definition) is 3. The molecular weight excluding hydrogens is 306 g/mol. The molecule has 1 aromatic heterocycles. The maximum absolute atomic E-state index is 12.2. The number of carbonyl (C=O) groups excluding carboxylic acids is 1. The Kier molecular flexibility index (Phi) is 5.38. The molecule has 0 aliphatic carbocycles. The Morgan fingerprint density at radius 3 is 2.75 bits per heavy atom. The smallest absolute Gasteiger partial charge is 0.319 e. The number of hydrogen-bond donors (Lipinski definition) is 2. The lowest BCUT2D eigenvalue weighted by Crippen LogP contribution is -2.41. The van der Waals surface area contributed by atoms with Gasteiger partial charge in [0.05, 0.1) is 12.3 Å². The summed E-state index contributed by atoms with van der Waals surface area (Å²) in [6, 6.07) is 9.52. The minimum Gasteiger partial charge on any atom is -0.492 e. The third kappa shape index (κ3) is 4.08. The van der Waals surface area contributed by atoms with Crippen LogP contribution in [0.1, 0.15) is 19.8 Å². The number of amides is 2. The van der Waals surface area contributed by atoms with Gasteiger partial charge in [0.25, 0.3) is 0 Å². The fraction of sp³-hybridized carbons (Fsp3) is 0.389. The van der Waals surface area contributed by atoms with Crippen molar-refractivity contribution >= 4 is 11.7 Å². The average molecular weight is 329 g/mol. The van der Waals surface area contributed by atoms with E-state index in [2.05, 4.69) is 10.6 Å². The van der Waals surface area contributed by atoms with Crippen LogP contribution in [0.15, 0.2) is 42.7 Å². The van der Waals surface area contributed by atoms with Crippen LogP contribution >= 0.6 is 0 Å². The van der Waals surface area contributed by atoms with E-state index in [9.17, 15) is 4.79 Å². The lowest BCUT2D eigenvalue weighted by Gasteiger charge is -2.23. The minimum atomic E-state index is -0.190. The first-order valence-corrected chi connectivity index (χ1v) is 8.31. The van der Waals surface area contributed by atoms with Crippen molar-refractivity contribution in [3.05, 3.63) is 42.7 Å². The Morgan fingerprint density at radius 2 is 2.04 bits per heavy atom. The van der Waals surface area contributed by atoms with Gasteiger partial charge in [-0.2, -0.15) is 0 Å². The van der Waals surface area contributed by atoms with Gasteiger partial charge in [0, 0.05) is 37.3 Å². The van der Waals surface area contributed by atoms with E-state index < -0.39 is 0 Å². The highest BCUT2D eigenvalue weighted by Gasteiger charge is 2.16. The predicted octanol–water partition coefficient (Wildman–Crippen LogP) is 3.18. The molecule has 3 rings (SSSR count). The van der Waals surface area contributed by atoms with Crippen LogP contribution in [0.5, 0.6) is 5.75 Å².